The number of halogens is 2. The minimum Gasteiger partial charge on any atom is -0.349 e. The van der Waals surface area contributed by atoms with E-state index in [2.05, 4.69) is 23.5 Å². The lowest BCUT2D eigenvalue weighted by atomic mass is 10.00. The molecule has 0 bridgehead atoms. The maximum atomic E-state index is 13.7. The van der Waals surface area contributed by atoms with Gasteiger partial charge in [0.05, 0.1) is 11.8 Å². The Morgan fingerprint density at radius 3 is 2.75 bits per heavy atom. The van der Waals surface area contributed by atoms with Crippen LogP contribution in [0.2, 0.25) is 5.02 Å². The predicted octanol–water partition coefficient (Wildman–Crippen LogP) is 5.21. The van der Waals surface area contributed by atoms with E-state index < -0.39 is 0 Å². The van der Waals surface area contributed by atoms with Gasteiger partial charge in [0.15, 0.2) is 0 Å². The summed E-state index contributed by atoms with van der Waals surface area (Å²) in [5.74, 6) is 0.233. The molecule has 0 saturated carbocycles. The number of rotatable bonds is 6. The van der Waals surface area contributed by atoms with Crippen molar-refractivity contribution in [1.29, 1.82) is 0 Å². The molecular weight excluding hydrogens is 345 g/mol. The monoisotopic (exact) mass is 365 g/mol. The van der Waals surface area contributed by atoms with E-state index in [9.17, 15) is 9.18 Å². The van der Waals surface area contributed by atoms with Gasteiger partial charge in [0, 0.05) is 16.3 Å². The van der Waals surface area contributed by atoms with Gasteiger partial charge in [-0.05, 0) is 44.0 Å². The number of carbonyl (C=O) groups excluding carboxylic acids is 1. The predicted molar refractivity (Wildman–Crippen MR) is 100 cm³/mol. The van der Waals surface area contributed by atoms with Gasteiger partial charge < -0.3 is 5.32 Å². The highest BCUT2D eigenvalue weighted by atomic mass is 35.5. The minimum atomic E-state index is -0.334. The molecule has 2 aromatic rings. The van der Waals surface area contributed by atoms with Crippen molar-refractivity contribution >= 4 is 29.3 Å². The molecule has 1 unspecified atom stereocenters. The smallest absolute Gasteiger partial charge is 0.230 e. The number of aryl methyl sites for hydroxylation is 2. The number of thioether (sulfide) groups is 1. The third kappa shape index (κ3) is 4.99. The molecule has 5 heteroatoms. The second-order valence-electron chi connectivity index (χ2n) is 5.84. The molecule has 0 aliphatic carbocycles. The van der Waals surface area contributed by atoms with Gasteiger partial charge in [0.2, 0.25) is 5.91 Å². The number of carbonyl (C=O) groups is 1. The van der Waals surface area contributed by atoms with E-state index >= 15 is 0 Å². The van der Waals surface area contributed by atoms with Gasteiger partial charge in [-0.25, -0.2) is 4.39 Å². The Kier molecular flexibility index (Phi) is 6.69. The van der Waals surface area contributed by atoms with Gasteiger partial charge in [0.25, 0.3) is 0 Å². The molecule has 2 aromatic carbocycles. The molecule has 2 rings (SSSR count). The first-order valence-corrected chi connectivity index (χ1v) is 9.29. The molecule has 0 aliphatic heterocycles. The molecule has 24 heavy (non-hydrogen) atoms. The number of amides is 1. The van der Waals surface area contributed by atoms with Crippen LogP contribution in [0.5, 0.6) is 0 Å². The van der Waals surface area contributed by atoms with Gasteiger partial charge in [-0.3, -0.25) is 4.79 Å². The van der Waals surface area contributed by atoms with Crippen LogP contribution in [0, 0.1) is 19.7 Å². The van der Waals surface area contributed by atoms with E-state index in [0.717, 1.165) is 11.1 Å². The Morgan fingerprint density at radius 2 is 2.04 bits per heavy atom. The van der Waals surface area contributed by atoms with E-state index in [0.29, 0.717) is 16.3 Å². The molecule has 0 saturated heterocycles. The minimum absolute atomic E-state index is 0.0601. The van der Waals surface area contributed by atoms with Crippen molar-refractivity contribution in [2.75, 3.05) is 5.75 Å². The zero-order valence-corrected chi connectivity index (χ0v) is 15.6. The van der Waals surface area contributed by atoms with Gasteiger partial charge in [-0.1, -0.05) is 41.4 Å². The second-order valence-corrected chi connectivity index (χ2v) is 7.24. The normalized spacial score (nSPS) is 12.0. The van der Waals surface area contributed by atoms with Crippen LogP contribution < -0.4 is 5.32 Å². The quantitative estimate of drug-likeness (QED) is 0.761. The summed E-state index contributed by atoms with van der Waals surface area (Å²) in [6, 6.07) is 10.8. The lowest BCUT2D eigenvalue weighted by Gasteiger charge is -2.17. The average Bonchev–Trinajstić information content (AvgIpc) is 2.52. The highest BCUT2D eigenvalue weighted by Crippen LogP contribution is 2.24. The fourth-order valence-corrected chi connectivity index (χ4v) is 3.68. The first-order chi connectivity index (χ1) is 11.4. The number of hydrogen-bond donors (Lipinski definition) is 1. The van der Waals surface area contributed by atoms with Crippen LogP contribution in [0.25, 0.3) is 0 Å². The zero-order chi connectivity index (χ0) is 17.7. The molecule has 1 N–H and O–H groups in total. The van der Waals surface area contributed by atoms with E-state index in [4.69, 9.17) is 11.6 Å². The molecular formula is C19H21ClFNOS. The summed E-state index contributed by atoms with van der Waals surface area (Å²) in [6.45, 7) is 6.04. The van der Waals surface area contributed by atoms with Crippen LogP contribution >= 0.6 is 23.4 Å². The summed E-state index contributed by atoms with van der Waals surface area (Å²) in [5, 5.41) is 3.39. The van der Waals surface area contributed by atoms with Crippen molar-refractivity contribution in [3.63, 3.8) is 0 Å². The van der Waals surface area contributed by atoms with Crippen molar-refractivity contribution < 1.29 is 9.18 Å². The molecule has 1 atom stereocenters. The highest BCUT2D eigenvalue weighted by molar-refractivity contribution is 7.99. The van der Waals surface area contributed by atoms with Crippen LogP contribution in [-0.2, 0) is 10.5 Å². The zero-order valence-electron chi connectivity index (χ0n) is 14.0. The topological polar surface area (TPSA) is 29.1 Å². The molecule has 1 amide bonds. The molecule has 2 nitrogen and oxygen atoms in total. The van der Waals surface area contributed by atoms with Crippen LogP contribution in [0.3, 0.4) is 0 Å². The van der Waals surface area contributed by atoms with Crippen molar-refractivity contribution in [2.45, 2.75) is 32.6 Å². The van der Waals surface area contributed by atoms with Gasteiger partial charge in [-0.15, -0.1) is 11.8 Å². The Bertz CT molecular complexity index is 715. The number of benzene rings is 2. The molecule has 0 aliphatic rings. The van der Waals surface area contributed by atoms with Gasteiger partial charge in [-0.2, -0.15) is 0 Å². The van der Waals surface area contributed by atoms with E-state index in [1.54, 1.807) is 12.1 Å². The summed E-state index contributed by atoms with van der Waals surface area (Å²) in [7, 11) is 0. The largest absolute Gasteiger partial charge is 0.349 e. The van der Waals surface area contributed by atoms with E-state index in [-0.39, 0.29) is 23.5 Å². The highest BCUT2D eigenvalue weighted by Gasteiger charge is 2.13. The first kappa shape index (κ1) is 18.8. The second kappa shape index (κ2) is 8.54. The SMILES string of the molecule is Cc1ccc(C)c(C(C)NC(=O)CSCc2c(F)cccc2Cl)c1. The molecule has 0 fully saturated rings. The number of hydrogen-bond acceptors (Lipinski definition) is 2. The summed E-state index contributed by atoms with van der Waals surface area (Å²) in [4.78, 5) is 12.1. The Balaban J connectivity index is 1.88. The van der Waals surface area contributed by atoms with Crippen LogP contribution in [-0.4, -0.2) is 11.7 Å². The van der Waals surface area contributed by atoms with E-state index in [1.807, 2.05) is 20.8 Å². The maximum Gasteiger partial charge on any atom is 0.230 e. The number of nitrogens with one attached hydrogen (secondary N) is 1. The molecule has 0 spiro atoms. The molecule has 0 heterocycles. The van der Waals surface area contributed by atoms with Crippen LogP contribution in [0.15, 0.2) is 36.4 Å². The fraction of sp³-hybridized carbons (Fsp3) is 0.316. The van der Waals surface area contributed by atoms with E-state index in [1.165, 1.54) is 23.4 Å². The summed E-state index contributed by atoms with van der Waals surface area (Å²) in [6.07, 6.45) is 0. The lowest BCUT2D eigenvalue weighted by Crippen LogP contribution is -2.28. The van der Waals surface area contributed by atoms with Crippen molar-refractivity contribution in [2.24, 2.45) is 0 Å². The van der Waals surface area contributed by atoms with Crippen molar-refractivity contribution in [1.82, 2.24) is 5.32 Å². The van der Waals surface area contributed by atoms with Crippen LogP contribution in [0.4, 0.5) is 4.39 Å². The third-order valence-electron chi connectivity index (χ3n) is 3.82. The molecule has 0 radical (unpaired) electrons. The summed E-state index contributed by atoms with van der Waals surface area (Å²) >= 11 is 7.34. The Morgan fingerprint density at radius 1 is 1.29 bits per heavy atom. The Labute approximate surface area is 151 Å². The molecule has 128 valence electrons. The summed E-state index contributed by atoms with van der Waals surface area (Å²) < 4.78 is 13.7. The van der Waals surface area contributed by atoms with Gasteiger partial charge >= 0.3 is 0 Å². The standard InChI is InChI=1S/C19H21ClFNOS/c1-12-7-8-13(2)15(9-12)14(3)22-19(23)11-24-10-16-17(20)5-4-6-18(16)21/h4-9,14H,10-11H2,1-3H3,(H,22,23). The third-order valence-corrected chi connectivity index (χ3v) is 5.13. The Hall–Kier alpha value is -1.52. The maximum absolute atomic E-state index is 13.7. The van der Waals surface area contributed by atoms with Gasteiger partial charge in [0.1, 0.15) is 5.82 Å². The average molecular weight is 366 g/mol. The summed E-state index contributed by atoms with van der Waals surface area (Å²) in [5.41, 5.74) is 3.88. The van der Waals surface area contributed by atoms with Crippen LogP contribution in [0.1, 0.15) is 35.2 Å². The van der Waals surface area contributed by atoms with Crippen molar-refractivity contribution in [3.8, 4) is 0 Å². The first-order valence-electron chi connectivity index (χ1n) is 7.75. The fourth-order valence-electron chi connectivity index (χ4n) is 2.50. The van der Waals surface area contributed by atoms with Crippen molar-refractivity contribution in [3.05, 3.63) is 69.5 Å². The molecule has 0 aromatic heterocycles. The lowest BCUT2D eigenvalue weighted by molar-refractivity contribution is -0.119.